The number of rotatable bonds is 7. The molecule has 6 rings (SSSR count). The lowest BCUT2D eigenvalue weighted by molar-refractivity contribution is 0.0599. The van der Waals surface area contributed by atoms with Crippen LogP contribution in [0.3, 0.4) is 0 Å². The molecule has 36 heavy (non-hydrogen) atoms. The van der Waals surface area contributed by atoms with Crippen molar-refractivity contribution in [3.05, 3.63) is 78.2 Å². The summed E-state index contributed by atoms with van der Waals surface area (Å²) in [6.45, 7) is 4.57. The summed E-state index contributed by atoms with van der Waals surface area (Å²) in [5.74, 6) is 2.25. The van der Waals surface area contributed by atoms with Crippen LogP contribution in [0.25, 0.3) is 33.3 Å². The molecule has 0 spiro atoms. The van der Waals surface area contributed by atoms with Crippen molar-refractivity contribution < 1.29 is 14.3 Å². The third kappa shape index (κ3) is 4.59. The van der Waals surface area contributed by atoms with Crippen LogP contribution in [0.4, 0.5) is 0 Å². The van der Waals surface area contributed by atoms with E-state index in [9.17, 15) is 5.11 Å². The maximum Gasteiger partial charge on any atom is 0.264 e. The molecule has 2 aromatic heterocycles. The molecule has 1 atom stereocenters. The van der Waals surface area contributed by atoms with E-state index in [0.717, 1.165) is 48.3 Å². The first-order valence-corrected chi connectivity index (χ1v) is 12.6. The van der Waals surface area contributed by atoms with E-state index >= 15 is 0 Å². The van der Waals surface area contributed by atoms with Gasteiger partial charge in [0.15, 0.2) is 0 Å². The Balaban J connectivity index is 1.06. The summed E-state index contributed by atoms with van der Waals surface area (Å²) in [6, 6.07) is 23.0. The summed E-state index contributed by atoms with van der Waals surface area (Å²) in [5.41, 5.74) is 3.12. The first kappa shape index (κ1) is 22.8. The first-order valence-electron chi connectivity index (χ1n) is 12.6. The quantitative estimate of drug-likeness (QED) is 0.327. The number of likely N-dealkylation sites (tertiary alicyclic amines) is 1. The minimum absolute atomic E-state index is 0.239. The molecule has 7 nitrogen and oxygen atoms in total. The van der Waals surface area contributed by atoms with Crippen molar-refractivity contribution in [2.24, 2.45) is 0 Å². The molecule has 0 saturated carbocycles. The number of hydrogen-bond acceptors (Lipinski definition) is 6. The van der Waals surface area contributed by atoms with Crippen molar-refractivity contribution in [1.82, 2.24) is 20.1 Å². The summed E-state index contributed by atoms with van der Waals surface area (Å²) < 4.78 is 11.6. The van der Waals surface area contributed by atoms with Crippen LogP contribution in [0.2, 0.25) is 0 Å². The summed E-state index contributed by atoms with van der Waals surface area (Å²) in [4.78, 5) is 5.65. The smallest absolute Gasteiger partial charge is 0.264 e. The van der Waals surface area contributed by atoms with Gasteiger partial charge in [0.05, 0.1) is 0 Å². The van der Waals surface area contributed by atoms with E-state index in [0.29, 0.717) is 24.2 Å². The van der Waals surface area contributed by atoms with E-state index in [-0.39, 0.29) is 6.61 Å². The van der Waals surface area contributed by atoms with Crippen molar-refractivity contribution in [2.75, 3.05) is 26.2 Å². The van der Waals surface area contributed by atoms with Crippen LogP contribution in [-0.4, -0.2) is 57.5 Å². The van der Waals surface area contributed by atoms with E-state index in [1.165, 1.54) is 16.3 Å². The average Bonchev–Trinajstić information content (AvgIpc) is 3.54. The Labute approximate surface area is 209 Å². The molecule has 1 fully saturated rings. The molecule has 0 amide bonds. The van der Waals surface area contributed by atoms with E-state index in [4.69, 9.17) is 9.15 Å². The molecule has 0 aliphatic carbocycles. The van der Waals surface area contributed by atoms with Crippen molar-refractivity contribution in [3.63, 3.8) is 0 Å². The molecular weight excluding hydrogens is 452 g/mol. The Kier molecular flexibility index (Phi) is 6.17. The Morgan fingerprint density at radius 1 is 1.03 bits per heavy atom. The zero-order chi connectivity index (χ0) is 24.5. The van der Waals surface area contributed by atoms with Gasteiger partial charge in [-0.3, -0.25) is 0 Å². The summed E-state index contributed by atoms with van der Waals surface area (Å²) in [6.07, 6.45) is 1.64. The fourth-order valence-electron chi connectivity index (χ4n) is 5.34. The molecule has 0 radical (unpaired) electrons. The molecule has 184 valence electrons. The highest BCUT2D eigenvalue weighted by atomic mass is 16.5. The van der Waals surface area contributed by atoms with Gasteiger partial charge in [0.1, 0.15) is 24.2 Å². The Morgan fingerprint density at radius 2 is 1.83 bits per heavy atom. The summed E-state index contributed by atoms with van der Waals surface area (Å²) >= 11 is 0. The number of aliphatic hydroxyl groups excluding tert-OH is 1. The van der Waals surface area contributed by atoms with Crippen LogP contribution >= 0.6 is 0 Å². The molecule has 1 saturated heterocycles. The van der Waals surface area contributed by atoms with E-state index in [2.05, 4.69) is 62.5 Å². The number of nitrogens with zero attached hydrogens (tertiary/aromatic N) is 3. The second-order valence-corrected chi connectivity index (χ2v) is 9.63. The van der Waals surface area contributed by atoms with E-state index in [1.807, 2.05) is 24.3 Å². The highest BCUT2D eigenvalue weighted by Gasteiger charge is 2.23. The number of H-pyrrole nitrogens is 1. The van der Waals surface area contributed by atoms with Gasteiger partial charge >= 0.3 is 0 Å². The van der Waals surface area contributed by atoms with Crippen molar-refractivity contribution in [2.45, 2.75) is 31.8 Å². The molecule has 0 bridgehead atoms. The van der Waals surface area contributed by atoms with Crippen LogP contribution in [0, 0.1) is 6.92 Å². The Morgan fingerprint density at radius 3 is 2.67 bits per heavy atom. The number of aromatic nitrogens is 3. The van der Waals surface area contributed by atoms with Gasteiger partial charge < -0.3 is 24.1 Å². The van der Waals surface area contributed by atoms with Crippen LogP contribution in [0.5, 0.6) is 5.75 Å². The number of ether oxygens (including phenoxy) is 1. The number of fused-ring (bicyclic) bond motifs is 2. The fraction of sp³-hybridized carbons (Fsp3) is 0.310. The number of nitrogens with one attached hydrogen (secondary N) is 1. The molecular formula is C29H30N4O3. The summed E-state index contributed by atoms with van der Waals surface area (Å²) in [7, 11) is 0. The number of aryl methyl sites for hydroxylation is 1. The predicted octanol–water partition coefficient (Wildman–Crippen LogP) is 5.30. The molecule has 3 heterocycles. The normalized spacial score (nSPS) is 16.1. The molecule has 7 heteroatoms. The van der Waals surface area contributed by atoms with Gasteiger partial charge in [-0.15, -0.1) is 10.2 Å². The van der Waals surface area contributed by atoms with Crippen LogP contribution < -0.4 is 4.74 Å². The van der Waals surface area contributed by atoms with Gasteiger partial charge in [0.2, 0.25) is 5.89 Å². The first-order chi connectivity index (χ1) is 17.6. The predicted molar refractivity (Wildman–Crippen MR) is 140 cm³/mol. The summed E-state index contributed by atoms with van der Waals surface area (Å²) in [5, 5.41) is 22.3. The maximum absolute atomic E-state index is 10.7. The zero-order valence-electron chi connectivity index (χ0n) is 20.4. The topological polar surface area (TPSA) is 87.4 Å². The number of aliphatic hydroxyl groups is 1. The molecule has 1 aliphatic rings. The lowest BCUT2D eigenvalue weighted by Crippen LogP contribution is -2.40. The number of aromatic amines is 1. The van der Waals surface area contributed by atoms with Crippen molar-refractivity contribution in [3.8, 4) is 17.3 Å². The number of piperidine rings is 1. The van der Waals surface area contributed by atoms with Gasteiger partial charge in [-0.1, -0.05) is 48.5 Å². The minimum Gasteiger partial charge on any atom is -0.490 e. The molecule has 2 N–H and O–H groups in total. The monoisotopic (exact) mass is 482 g/mol. The number of benzene rings is 3. The number of β-amino-alcohol motifs (C(OH)–C–C–N with tert-alkyl or cyclic N) is 1. The van der Waals surface area contributed by atoms with Crippen LogP contribution in [0.15, 0.2) is 71.1 Å². The Hall–Kier alpha value is -3.68. The second-order valence-electron chi connectivity index (χ2n) is 9.63. The van der Waals surface area contributed by atoms with Crippen molar-refractivity contribution >= 4 is 21.7 Å². The van der Waals surface area contributed by atoms with Gasteiger partial charge in [-0.2, -0.15) is 0 Å². The lowest BCUT2D eigenvalue weighted by atomic mass is 9.86. The van der Waals surface area contributed by atoms with Gasteiger partial charge in [-0.25, -0.2) is 0 Å². The zero-order valence-corrected chi connectivity index (χ0v) is 20.4. The Bertz CT molecular complexity index is 1480. The highest BCUT2D eigenvalue weighted by molar-refractivity contribution is 5.90. The van der Waals surface area contributed by atoms with Gasteiger partial charge in [0.25, 0.3) is 5.89 Å². The SMILES string of the molecule is Cc1nnc(-c2cc3c(OC[C@@H](O)CN4CCC(c5cccc6ccccc56)CC4)cccc3[nH]2)o1. The van der Waals surface area contributed by atoms with Crippen molar-refractivity contribution in [1.29, 1.82) is 0 Å². The third-order valence-corrected chi connectivity index (χ3v) is 7.13. The second kappa shape index (κ2) is 9.76. The van der Waals surface area contributed by atoms with Gasteiger partial charge in [-0.05, 0) is 66.4 Å². The maximum atomic E-state index is 10.7. The highest BCUT2D eigenvalue weighted by Crippen LogP contribution is 2.33. The largest absolute Gasteiger partial charge is 0.490 e. The minimum atomic E-state index is -0.564. The van der Waals surface area contributed by atoms with Crippen LogP contribution in [-0.2, 0) is 0 Å². The fourth-order valence-corrected chi connectivity index (χ4v) is 5.34. The lowest BCUT2D eigenvalue weighted by Gasteiger charge is -2.33. The van der Waals surface area contributed by atoms with Gasteiger partial charge in [0, 0.05) is 24.4 Å². The van der Waals surface area contributed by atoms with Crippen LogP contribution in [0.1, 0.15) is 30.2 Å². The van der Waals surface area contributed by atoms with E-state index in [1.54, 1.807) is 6.92 Å². The third-order valence-electron chi connectivity index (χ3n) is 7.13. The standard InChI is InChI=1S/C29H30N4O3/c1-19-31-32-29(36-19)27-16-25-26(30-27)10-5-11-28(25)35-18-22(34)17-33-14-12-21(13-15-33)24-9-4-7-20-6-2-3-8-23(20)24/h2-11,16,21-22,30,34H,12-15,17-18H2,1H3/t22-/m0/s1. The molecule has 3 aromatic carbocycles. The molecule has 0 unspecified atom stereocenters. The average molecular weight is 483 g/mol. The van der Waals surface area contributed by atoms with E-state index < -0.39 is 6.10 Å². The molecule has 5 aromatic rings. The number of hydrogen-bond donors (Lipinski definition) is 2. The molecule has 1 aliphatic heterocycles.